The molecule has 28 heavy (non-hydrogen) atoms. The summed E-state index contributed by atoms with van der Waals surface area (Å²) in [5.74, 6) is 1.61. The van der Waals surface area contributed by atoms with Gasteiger partial charge in [-0.2, -0.15) is 0 Å². The molecule has 1 aromatic rings. The van der Waals surface area contributed by atoms with Crippen molar-refractivity contribution in [1.29, 1.82) is 0 Å². The summed E-state index contributed by atoms with van der Waals surface area (Å²) in [6, 6.07) is 0.642. The molecule has 1 unspecified atom stereocenters. The third-order valence-electron chi connectivity index (χ3n) is 6.84. The van der Waals surface area contributed by atoms with Crippen LogP contribution < -0.4 is 0 Å². The highest BCUT2D eigenvalue weighted by molar-refractivity contribution is 5.79. The minimum atomic E-state index is 0.211. The number of likely N-dealkylation sites (tertiary alicyclic amines) is 2. The summed E-state index contributed by atoms with van der Waals surface area (Å²) in [6.45, 7) is 11.2. The van der Waals surface area contributed by atoms with Gasteiger partial charge >= 0.3 is 0 Å². The van der Waals surface area contributed by atoms with Gasteiger partial charge in [0.05, 0.1) is 5.92 Å². The number of piperidine rings is 2. The number of aromatic amines is 1. The molecule has 1 atom stereocenters. The number of likely N-dealkylation sites (N-methyl/N-ethyl adjacent to an activating group) is 1. The number of nitrogens with zero attached hydrogens (tertiary/aromatic N) is 5. The first-order valence-corrected chi connectivity index (χ1v) is 11.0. The summed E-state index contributed by atoms with van der Waals surface area (Å²) >= 11 is 0. The van der Waals surface area contributed by atoms with Crippen molar-refractivity contribution < 1.29 is 4.79 Å². The molecule has 7 heteroatoms. The molecule has 0 radical (unpaired) electrons. The number of hydrogen-bond donors (Lipinski definition) is 1. The van der Waals surface area contributed by atoms with Gasteiger partial charge in [-0.15, -0.1) is 0 Å². The zero-order chi connectivity index (χ0) is 19.5. The molecule has 0 saturated carbocycles. The topological polar surface area (TPSA) is 58.7 Å². The summed E-state index contributed by atoms with van der Waals surface area (Å²) in [6.07, 6.45) is 6.61. The standard InChI is InChI=1S/C21H36N6O/c1-17-22-14-19(23-17)16-25-8-5-20(6-9-25)27-7-3-4-18(15-27)21(28)26-12-10-24(2)11-13-26/h14,18,20H,3-13,15-16H2,1-2H3,(H,22,23). The third-order valence-corrected chi connectivity index (χ3v) is 6.84. The van der Waals surface area contributed by atoms with Crippen LogP contribution in [0.4, 0.5) is 0 Å². The molecule has 4 heterocycles. The van der Waals surface area contributed by atoms with E-state index in [9.17, 15) is 4.79 Å². The molecule has 1 N–H and O–H groups in total. The largest absolute Gasteiger partial charge is 0.345 e. The van der Waals surface area contributed by atoms with Crippen LogP contribution in [0.3, 0.4) is 0 Å². The van der Waals surface area contributed by atoms with Crippen molar-refractivity contribution >= 4 is 5.91 Å². The van der Waals surface area contributed by atoms with Crippen molar-refractivity contribution in [2.75, 3.05) is 59.4 Å². The van der Waals surface area contributed by atoms with Crippen LogP contribution in [0.5, 0.6) is 0 Å². The molecule has 0 aromatic carbocycles. The van der Waals surface area contributed by atoms with Gasteiger partial charge in [-0.25, -0.2) is 4.98 Å². The Balaban J connectivity index is 1.25. The average Bonchev–Trinajstić information content (AvgIpc) is 3.13. The van der Waals surface area contributed by atoms with E-state index in [-0.39, 0.29) is 5.92 Å². The van der Waals surface area contributed by atoms with Gasteiger partial charge in [-0.3, -0.25) is 14.6 Å². The van der Waals surface area contributed by atoms with Crippen molar-refractivity contribution in [3.63, 3.8) is 0 Å². The van der Waals surface area contributed by atoms with E-state index in [1.807, 2.05) is 13.1 Å². The maximum absolute atomic E-state index is 13.0. The highest BCUT2D eigenvalue weighted by Crippen LogP contribution is 2.26. The van der Waals surface area contributed by atoms with Gasteiger partial charge in [-0.1, -0.05) is 0 Å². The fraction of sp³-hybridized carbons (Fsp3) is 0.810. The van der Waals surface area contributed by atoms with Crippen LogP contribution in [-0.2, 0) is 11.3 Å². The highest BCUT2D eigenvalue weighted by Gasteiger charge is 2.34. The van der Waals surface area contributed by atoms with Gasteiger partial charge in [-0.05, 0) is 46.2 Å². The lowest BCUT2D eigenvalue weighted by Gasteiger charge is -2.43. The molecular formula is C21H36N6O. The summed E-state index contributed by atoms with van der Waals surface area (Å²) < 4.78 is 0. The molecule has 156 valence electrons. The minimum Gasteiger partial charge on any atom is -0.345 e. The second kappa shape index (κ2) is 8.93. The number of rotatable bonds is 4. The monoisotopic (exact) mass is 388 g/mol. The Morgan fingerprint density at radius 3 is 2.54 bits per heavy atom. The Hall–Kier alpha value is -1.44. The summed E-state index contributed by atoms with van der Waals surface area (Å²) in [5.41, 5.74) is 1.21. The first-order valence-electron chi connectivity index (χ1n) is 11.0. The van der Waals surface area contributed by atoms with E-state index >= 15 is 0 Å². The van der Waals surface area contributed by atoms with Crippen LogP contribution in [0.2, 0.25) is 0 Å². The zero-order valence-corrected chi connectivity index (χ0v) is 17.6. The van der Waals surface area contributed by atoms with E-state index in [1.54, 1.807) is 0 Å². The van der Waals surface area contributed by atoms with Crippen LogP contribution in [-0.4, -0.2) is 101 Å². The molecular weight excluding hydrogens is 352 g/mol. The Kier molecular flexibility index (Phi) is 6.33. The second-order valence-electron chi connectivity index (χ2n) is 8.96. The van der Waals surface area contributed by atoms with Crippen molar-refractivity contribution in [3.8, 4) is 0 Å². The lowest BCUT2D eigenvalue weighted by molar-refractivity contribution is -0.139. The molecule has 7 nitrogen and oxygen atoms in total. The van der Waals surface area contributed by atoms with Crippen molar-refractivity contribution in [3.05, 3.63) is 17.7 Å². The number of carbonyl (C=O) groups excluding carboxylic acids is 1. The molecule has 1 aromatic heterocycles. The highest BCUT2D eigenvalue weighted by atomic mass is 16.2. The van der Waals surface area contributed by atoms with Gasteiger partial charge < -0.3 is 14.8 Å². The number of nitrogens with one attached hydrogen (secondary N) is 1. The molecule has 3 aliphatic heterocycles. The Labute approximate surface area is 169 Å². The average molecular weight is 389 g/mol. The quantitative estimate of drug-likeness (QED) is 0.839. The first kappa shape index (κ1) is 19.9. The van der Waals surface area contributed by atoms with Crippen molar-refractivity contribution in [1.82, 2.24) is 29.6 Å². The van der Waals surface area contributed by atoms with Crippen LogP contribution in [0.25, 0.3) is 0 Å². The lowest BCUT2D eigenvalue weighted by Crippen LogP contribution is -2.53. The van der Waals surface area contributed by atoms with Gasteiger partial charge in [0, 0.05) is 70.3 Å². The molecule has 0 bridgehead atoms. The van der Waals surface area contributed by atoms with E-state index in [2.05, 4.69) is 36.6 Å². The van der Waals surface area contributed by atoms with E-state index < -0.39 is 0 Å². The van der Waals surface area contributed by atoms with Crippen LogP contribution >= 0.6 is 0 Å². The van der Waals surface area contributed by atoms with E-state index in [1.165, 1.54) is 18.5 Å². The van der Waals surface area contributed by atoms with Crippen LogP contribution in [0.1, 0.15) is 37.2 Å². The normalized spacial score (nSPS) is 26.6. The van der Waals surface area contributed by atoms with Gasteiger partial charge in [0.25, 0.3) is 0 Å². The second-order valence-corrected chi connectivity index (χ2v) is 8.96. The summed E-state index contributed by atoms with van der Waals surface area (Å²) in [7, 11) is 2.14. The SMILES string of the molecule is Cc1ncc(CN2CCC(N3CCCC(C(=O)N4CCN(C)CC4)C3)CC2)[nH]1. The number of aromatic nitrogens is 2. The predicted octanol–water partition coefficient (Wildman–Crippen LogP) is 1.17. The molecule has 0 spiro atoms. The number of carbonyl (C=O) groups is 1. The summed E-state index contributed by atoms with van der Waals surface area (Å²) in [4.78, 5) is 30.2. The molecule has 4 rings (SSSR count). The van der Waals surface area contributed by atoms with Crippen LogP contribution in [0, 0.1) is 12.8 Å². The third kappa shape index (κ3) is 4.75. The van der Waals surface area contributed by atoms with Gasteiger partial charge in [0.15, 0.2) is 0 Å². The van der Waals surface area contributed by atoms with Crippen molar-refractivity contribution in [2.24, 2.45) is 5.92 Å². The number of aryl methyl sites for hydroxylation is 1. The Morgan fingerprint density at radius 1 is 1.11 bits per heavy atom. The predicted molar refractivity (Wildman–Crippen MR) is 110 cm³/mol. The van der Waals surface area contributed by atoms with Crippen molar-refractivity contribution in [2.45, 2.75) is 45.2 Å². The number of piperazine rings is 1. The Morgan fingerprint density at radius 2 is 1.86 bits per heavy atom. The van der Waals surface area contributed by atoms with E-state index in [0.717, 1.165) is 77.6 Å². The Bertz CT molecular complexity index is 645. The molecule has 0 aliphatic carbocycles. The van der Waals surface area contributed by atoms with Gasteiger partial charge in [0.2, 0.25) is 5.91 Å². The van der Waals surface area contributed by atoms with Gasteiger partial charge in [0.1, 0.15) is 5.82 Å². The first-order chi connectivity index (χ1) is 13.6. The van der Waals surface area contributed by atoms with E-state index in [0.29, 0.717) is 11.9 Å². The molecule has 3 aliphatic rings. The molecule has 1 amide bonds. The molecule has 3 saturated heterocycles. The summed E-state index contributed by atoms with van der Waals surface area (Å²) in [5, 5.41) is 0. The number of amides is 1. The number of hydrogen-bond acceptors (Lipinski definition) is 5. The minimum absolute atomic E-state index is 0.211. The fourth-order valence-electron chi connectivity index (χ4n) is 5.06. The lowest BCUT2D eigenvalue weighted by atomic mass is 9.92. The maximum Gasteiger partial charge on any atom is 0.227 e. The fourth-order valence-corrected chi connectivity index (χ4v) is 5.06. The van der Waals surface area contributed by atoms with Crippen LogP contribution in [0.15, 0.2) is 6.20 Å². The number of H-pyrrole nitrogens is 1. The maximum atomic E-state index is 13.0. The number of imidazole rings is 1. The van der Waals surface area contributed by atoms with E-state index in [4.69, 9.17) is 0 Å². The smallest absolute Gasteiger partial charge is 0.227 e. The zero-order valence-electron chi connectivity index (χ0n) is 17.6. The molecule has 3 fully saturated rings.